The van der Waals surface area contributed by atoms with Crippen LogP contribution in [-0.2, 0) is 0 Å². The van der Waals surface area contributed by atoms with E-state index in [1.807, 2.05) is 24.3 Å². The van der Waals surface area contributed by atoms with Gasteiger partial charge in [-0.25, -0.2) is 0 Å². The molecule has 0 aliphatic rings. The van der Waals surface area contributed by atoms with Gasteiger partial charge in [-0.2, -0.15) is 0 Å². The molecule has 0 unspecified atom stereocenters. The number of carbonyl (C=O) groups excluding carboxylic acids is 1. The molecule has 0 bridgehead atoms. The topological polar surface area (TPSA) is 42.0 Å². The van der Waals surface area contributed by atoms with Crippen LogP contribution in [0.15, 0.2) is 36.5 Å². The fourth-order valence-electron chi connectivity index (χ4n) is 1.99. The summed E-state index contributed by atoms with van der Waals surface area (Å²) in [6.45, 7) is 0.742. The molecule has 1 heterocycles. The van der Waals surface area contributed by atoms with Crippen LogP contribution >= 0.6 is 22.6 Å². The number of pyridine rings is 1. The summed E-state index contributed by atoms with van der Waals surface area (Å²) >= 11 is 2.38. The number of alkyl halides is 1. The number of nitrogens with zero attached hydrogens (tertiary/aromatic N) is 1. The minimum absolute atomic E-state index is 0.00641. The molecule has 0 spiro atoms. The molecule has 1 aromatic carbocycles. The Balaban J connectivity index is 2.01. The van der Waals surface area contributed by atoms with Gasteiger partial charge < -0.3 is 5.32 Å². The highest BCUT2D eigenvalue weighted by Gasteiger charge is 2.09. The van der Waals surface area contributed by atoms with E-state index in [1.165, 1.54) is 17.3 Å². The Morgan fingerprint density at radius 2 is 2.00 bits per heavy atom. The third kappa shape index (κ3) is 3.89. The van der Waals surface area contributed by atoms with E-state index < -0.39 is 0 Å². The van der Waals surface area contributed by atoms with Crippen LogP contribution < -0.4 is 5.32 Å². The Hall–Kier alpha value is -1.17. The Bertz CT molecular complexity index is 551. The van der Waals surface area contributed by atoms with Crippen molar-refractivity contribution in [1.29, 1.82) is 0 Å². The molecule has 0 atom stereocenters. The first kappa shape index (κ1) is 14.2. The van der Waals surface area contributed by atoms with Gasteiger partial charge in [0, 0.05) is 18.1 Å². The van der Waals surface area contributed by atoms with Crippen molar-refractivity contribution >= 4 is 39.4 Å². The SMILES string of the molecule is O=C(NCCCCCI)c1ccnc2ccccc12. The van der Waals surface area contributed by atoms with E-state index in [9.17, 15) is 4.79 Å². The third-order valence-corrected chi connectivity index (χ3v) is 3.75. The van der Waals surface area contributed by atoms with E-state index in [4.69, 9.17) is 0 Å². The van der Waals surface area contributed by atoms with Gasteiger partial charge in [0.25, 0.3) is 5.91 Å². The smallest absolute Gasteiger partial charge is 0.252 e. The minimum Gasteiger partial charge on any atom is -0.352 e. The van der Waals surface area contributed by atoms with E-state index in [0.29, 0.717) is 5.56 Å². The van der Waals surface area contributed by atoms with Gasteiger partial charge in [0.05, 0.1) is 11.1 Å². The van der Waals surface area contributed by atoms with E-state index in [1.54, 1.807) is 12.3 Å². The van der Waals surface area contributed by atoms with E-state index in [0.717, 1.165) is 23.9 Å². The fraction of sp³-hybridized carbons (Fsp3) is 0.333. The number of para-hydroxylation sites is 1. The fourth-order valence-corrected chi connectivity index (χ4v) is 2.53. The van der Waals surface area contributed by atoms with Gasteiger partial charge >= 0.3 is 0 Å². The van der Waals surface area contributed by atoms with Crippen molar-refractivity contribution in [1.82, 2.24) is 10.3 Å². The van der Waals surface area contributed by atoms with E-state index >= 15 is 0 Å². The molecule has 0 radical (unpaired) electrons. The summed E-state index contributed by atoms with van der Waals surface area (Å²) < 4.78 is 1.18. The highest BCUT2D eigenvalue weighted by Crippen LogP contribution is 2.15. The molecule has 0 aliphatic heterocycles. The number of fused-ring (bicyclic) bond motifs is 1. The number of rotatable bonds is 6. The molecule has 2 aromatic rings. The lowest BCUT2D eigenvalue weighted by atomic mass is 10.1. The second kappa shape index (κ2) is 7.43. The van der Waals surface area contributed by atoms with Crippen LogP contribution in [0.3, 0.4) is 0 Å². The van der Waals surface area contributed by atoms with Crippen LogP contribution in [0.5, 0.6) is 0 Å². The van der Waals surface area contributed by atoms with Gasteiger partial charge in [-0.1, -0.05) is 47.2 Å². The van der Waals surface area contributed by atoms with Crippen LogP contribution in [0.1, 0.15) is 29.6 Å². The van der Waals surface area contributed by atoms with Gasteiger partial charge in [0.1, 0.15) is 0 Å². The number of unbranched alkanes of at least 4 members (excludes halogenated alkanes) is 2. The average Bonchev–Trinajstić information content (AvgIpc) is 2.46. The van der Waals surface area contributed by atoms with Crippen molar-refractivity contribution in [2.75, 3.05) is 11.0 Å². The van der Waals surface area contributed by atoms with Crippen molar-refractivity contribution in [3.63, 3.8) is 0 Å². The van der Waals surface area contributed by atoms with Crippen LogP contribution in [0.4, 0.5) is 0 Å². The maximum absolute atomic E-state index is 12.2. The largest absolute Gasteiger partial charge is 0.352 e. The predicted molar refractivity (Wildman–Crippen MR) is 86.8 cm³/mol. The van der Waals surface area contributed by atoms with Crippen LogP contribution in [-0.4, -0.2) is 21.9 Å². The molecule has 1 amide bonds. The normalized spacial score (nSPS) is 10.6. The lowest BCUT2D eigenvalue weighted by molar-refractivity contribution is 0.0954. The highest BCUT2D eigenvalue weighted by atomic mass is 127. The van der Waals surface area contributed by atoms with Crippen molar-refractivity contribution in [2.24, 2.45) is 0 Å². The number of benzene rings is 1. The zero-order valence-corrected chi connectivity index (χ0v) is 12.9. The summed E-state index contributed by atoms with van der Waals surface area (Å²) in [5.41, 5.74) is 1.57. The summed E-state index contributed by atoms with van der Waals surface area (Å²) in [7, 11) is 0. The number of hydrogen-bond acceptors (Lipinski definition) is 2. The molecule has 19 heavy (non-hydrogen) atoms. The zero-order chi connectivity index (χ0) is 13.5. The number of hydrogen-bond donors (Lipinski definition) is 1. The molecule has 2 rings (SSSR count). The summed E-state index contributed by atoms with van der Waals surface area (Å²) in [5, 5.41) is 3.89. The van der Waals surface area contributed by atoms with Crippen molar-refractivity contribution < 1.29 is 4.79 Å². The predicted octanol–water partition coefficient (Wildman–Crippen LogP) is 3.57. The van der Waals surface area contributed by atoms with Gasteiger partial charge in [-0.05, 0) is 29.4 Å². The van der Waals surface area contributed by atoms with Crippen LogP contribution in [0.25, 0.3) is 10.9 Å². The van der Waals surface area contributed by atoms with Crippen molar-refractivity contribution in [3.8, 4) is 0 Å². The lowest BCUT2D eigenvalue weighted by Gasteiger charge is -2.07. The molecule has 1 N–H and O–H groups in total. The monoisotopic (exact) mass is 368 g/mol. The molecule has 1 aromatic heterocycles. The van der Waals surface area contributed by atoms with Gasteiger partial charge in [0.15, 0.2) is 0 Å². The second-order valence-electron chi connectivity index (χ2n) is 4.38. The minimum atomic E-state index is -0.00641. The summed E-state index contributed by atoms with van der Waals surface area (Å²) in [6.07, 6.45) is 5.11. The van der Waals surface area contributed by atoms with Gasteiger partial charge in [-0.3, -0.25) is 9.78 Å². The maximum atomic E-state index is 12.2. The first-order valence-corrected chi connectivity index (χ1v) is 8.03. The van der Waals surface area contributed by atoms with Crippen LogP contribution in [0.2, 0.25) is 0 Å². The second-order valence-corrected chi connectivity index (χ2v) is 5.46. The number of aromatic nitrogens is 1. The summed E-state index contributed by atoms with van der Waals surface area (Å²) in [6, 6.07) is 9.50. The van der Waals surface area contributed by atoms with Gasteiger partial charge in [-0.15, -0.1) is 0 Å². The third-order valence-electron chi connectivity index (χ3n) is 2.99. The molecule has 0 aliphatic carbocycles. The quantitative estimate of drug-likeness (QED) is 0.481. The molecular weight excluding hydrogens is 351 g/mol. The first-order chi connectivity index (χ1) is 9.33. The molecule has 100 valence electrons. The standard InChI is InChI=1S/C15H17IN2O/c16-9-4-1-5-10-18-15(19)13-8-11-17-14-7-3-2-6-12(13)14/h2-3,6-8,11H,1,4-5,9-10H2,(H,18,19). The zero-order valence-electron chi connectivity index (χ0n) is 10.7. The number of halogens is 1. The first-order valence-electron chi connectivity index (χ1n) is 6.51. The number of carbonyl (C=O) groups is 1. The Labute approximate surface area is 126 Å². The molecule has 0 fully saturated rings. The van der Waals surface area contributed by atoms with Crippen molar-refractivity contribution in [2.45, 2.75) is 19.3 Å². The van der Waals surface area contributed by atoms with Crippen molar-refractivity contribution in [3.05, 3.63) is 42.1 Å². The maximum Gasteiger partial charge on any atom is 0.252 e. The highest BCUT2D eigenvalue weighted by molar-refractivity contribution is 14.1. The Morgan fingerprint density at radius 1 is 1.16 bits per heavy atom. The summed E-state index contributed by atoms with van der Waals surface area (Å²) in [4.78, 5) is 16.4. The number of nitrogens with one attached hydrogen (secondary N) is 1. The van der Waals surface area contributed by atoms with Gasteiger partial charge in [0.2, 0.25) is 0 Å². The molecule has 0 saturated heterocycles. The number of amides is 1. The molecule has 4 heteroatoms. The molecule has 3 nitrogen and oxygen atoms in total. The lowest BCUT2D eigenvalue weighted by Crippen LogP contribution is -2.24. The molecular formula is C15H17IN2O. The average molecular weight is 368 g/mol. The van der Waals surface area contributed by atoms with E-state index in [2.05, 4.69) is 32.9 Å². The molecule has 0 saturated carbocycles. The Kier molecular flexibility index (Phi) is 5.57. The van der Waals surface area contributed by atoms with E-state index in [-0.39, 0.29) is 5.91 Å². The summed E-state index contributed by atoms with van der Waals surface area (Å²) in [5.74, 6) is -0.00641. The Morgan fingerprint density at radius 3 is 2.84 bits per heavy atom. The van der Waals surface area contributed by atoms with Crippen LogP contribution in [0, 0.1) is 0 Å².